The van der Waals surface area contributed by atoms with Gasteiger partial charge in [0.1, 0.15) is 5.82 Å². The van der Waals surface area contributed by atoms with Gasteiger partial charge in [-0.2, -0.15) is 0 Å². The molecule has 0 bridgehead atoms. The van der Waals surface area contributed by atoms with E-state index in [0.29, 0.717) is 50.1 Å². The molecule has 2 aliphatic heterocycles. The first kappa shape index (κ1) is 22.6. The lowest BCUT2D eigenvalue weighted by atomic mass is 9.93. The Morgan fingerprint density at radius 2 is 2.06 bits per heavy atom. The minimum absolute atomic E-state index is 0.217. The largest absolute Gasteiger partial charge is 0.393 e. The van der Waals surface area contributed by atoms with E-state index in [0.717, 1.165) is 37.6 Å². The summed E-state index contributed by atoms with van der Waals surface area (Å²) in [5.74, 6) is 1.23. The quantitative estimate of drug-likeness (QED) is 0.550. The van der Waals surface area contributed by atoms with Gasteiger partial charge >= 0.3 is 0 Å². The van der Waals surface area contributed by atoms with E-state index in [9.17, 15) is 9.50 Å². The van der Waals surface area contributed by atoms with E-state index in [1.54, 1.807) is 6.07 Å². The number of imidazole rings is 1. The zero-order valence-corrected chi connectivity index (χ0v) is 19.1. The van der Waals surface area contributed by atoms with Crippen LogP contribution < -0.4 is 10.2 Å². The highest BCUT2D eigenvalue weighted by atomic mass is 19.1. The summed E-state index contributed by atoms with van der Waals surface area (Å²) in [5.41, 5.74) is 1.47. The summed E-state index contributed by atoms with van der Waals surface area (Å²) in [5, 5.41) is 13.1. The van der Waals surface area contributed by atoms with Crippen molar-refractivity contribution in [3.05, 3.63) is 48.3 Å². The highest BCUT2D eigenvalue weighted by Gasteiger charge is 2.29. The normalized spacial score (nSPS) is 22.9. The predicted octanol–water partition coefficient (Wildman–Crippen LogP) is 3.03. The summed E-state index contributed by atoms with van der Waals surface area (Å²) in [6, 6.07) is 5.76. The zero-order chi connectivity index (χ0) is 22.5. The molecule has 2 fully saturated rings. The van der Waals surface area contributed by atoms with Gasteiger partial charge < -0.3 is 24.8 Å². The molecule has 4 rings (SSSR count). The third-order valence-corrected chi connectivity index (χ3v) is 6.69. The highest BCUT2D eigenvalue weighted by molar-refractivity contribution is 5.80. The van der Waals surface area contributed by atoms with Crippen molar-refractivity contribution in [3.8, 4) is 0 Å². The Morgan fingerprint density at radius 1 is 1.25 bits per heavy atom. The third-order valence-electron chi connectivity index (χ3n) is 6.69. The predicted molar refractivity (Wildman–Crippen MR) is 125 cm³/mol. The van der Waals surface area contributed by atoms with Crippen molar-refractivity contribution in [2.75, 3.05) is 37.6 Å². The Hall–Kier alpha value is -2.61. The molecule has 2 saturated heterocycles. The van der Waals surface area contributed by atoms with E-state index < -0.39 is 0 Å². The first-order chi connectivity index (χ1) is 15.5. The molecule has 2 unspecified atom stereocenters. The maximum Gasteiger partial charge on any atom is 0.194 e. The van der Waals surface area contributed by atoms with Gasteiger partial charge in [0.15, 0.2) is 5.96 Å². The summed E-state index contributed by atoms with van der Waals surface area (Å²) in [6.45, 7) is 8.77. The number of rotatable bonds is 5. The molecule has 32 heavy (non-hydrogen) atoms. The molecule has 2 N–H and O–H groups in total. The molecule has 0 radical (unpaired) electrons. The van der Waals surface area contributed by atoms with E-state index >= 15 is 0 Å². The van der Waals surface area contributed by atoms with Gasteiger partial charge in [0, 0.05) is 45.1 Å². The Morgan fingerprint density at radius 3 is 2.75 bits per heavy atom. The van der Waals surface area contributed by atoms with E-state index in [1.165, 1.54) is 0 Å². The van der Waals surface area contributed by atoms with Crippen LogP contribution in [0, 0.1) is 11.7 Å². The van der Waals surface area contributed by atoms with Crippen molar-refractivity contribution >= 4 is 11.6 Å². The lowest BCUT2D eigenvalue weighted by Crippen LogP contribution is -2.49. The average Bonchev–Trinajstić information content (AvgIpc) is 3.33. The van der Waals surface area contributed by atoms with Crippen molar-refractivity contribution in [1.82, 2.24) is 19.8 Å². The maximum atomic E-state index is 14.8. The number of aromatic nitrogens is 2. The number of piperidine rings is 2. The van der Waals surface area contributed by atoms with Gasteiger partial charge in [0.05, 0.1) is 30.7 Å². The standard InChI is InChI=1S/C24H35FN6O/c1-3-27-24(30-10-6-18(2)23(16-30)31-13-9-26-17-31)28-15-19-4-5-22(21(25)14-19)29-11-7-20(32)8-12-29/h4-5,9,13-14,17-18,20,23,32H,3,6-8,10-12,15-16H2,1-2H3,(H,27,28). The van der Waals surface area contributed by atoms with E-state index in [1.807, 2.05) is 35.8 Å². The van der Waals surface area contributed by atoms with E-state index in [2.05, 4.69) is 33.6 Å². The molecule has 0 amide bonds. The number of nitrogens with one attached hydrogen (secondary N) is 1. The van der Waals surface area contributed by atoms with Crippen LogP contribution in [-0.4, -0.2) is 64.3 Å². The number of nitrogens with zero attached hydrogens (tertiary/aromatic N) is 5. The molecule has 3 heterocycles. The minimum atomic E-state index is -0.265. The Balaban J connectivity index is 1.44. The average molecular weight is 443 g/mol. The van der Waals surface area contributed by atoms with E-state index in [-0.39, 0.29) is 11.9 Å². The number of hydrogen-bond acceptors (Lipinski definition) is 4. The fourth-order valence-corrected chi connectivity index (χ4v) is 4.70. The molecule has 2 atom stereocenters. The number of likely N-dealkylation sites (tertiary alicyclic amines) is 1. The summed E-state index contributed by atoms with van der Waals surface area (Å²) < 4.78 is 17.0. The molecule has 0 spiro atoms. The molecule has 1 aromatic heterocycles. The molecule has 0 saturated carbocycles. The lowest BCUT2D eigenvalue weighted by Gasteiger charge is -2.39. The number of hydrogen-bond donors (Lipinski definition) is 2. The second kappa shape index (κ2) is 10.3. The molecular weight excluding hydrogens is 407 g/mol. The van der Waals surface area contributed by atoms with Crippen LogP contribution in [-0.2, 0) is 6.54 Å². The van der Waals surface area contributed by atoms with Gasteiger partial charge in [-0.15, -0.1) is 0 Å². The smallest absolute Gasteiger partial charge is 0.194 e. The molecule has 8 heteroatoms. The van der Waals surface area contributed by atoms with Crippen LogP contribution in [0.2, 0.25) is 0 Å². The number of anilines is 1. The Kier molecular flexibility index (Phi) is 7.29. The number of halogens is 1. The minimum Gasteiger partial charge on any atom is -0.393 e. The first-order valence-corrected chi connectivity index (χ1v) is 11.8. The molecule has 0 aliphatic carbocycles. The van der Waals surface area contributed by atoms with Crippen molar-refractivity contribution < 1.29 is 9.50 Å². The van der Waals surface area contributed by atoms with Gasteiger partial charge in [-0.3, -0.25) is 0 Å². The van der Waals surface area contributed by atoms with E-state index in [4.69, 9.17) is 4.99 Å². The van der Waals surface area contributed by atoms with Crippen molar-refractivity contribution in [2.24, 2.45) is 10.9 Å². The van der Waals surface area contributed by atoms with Gasteiger partial charge in [-0.25, -0.2) is 14.4 Å². The molecular formula is C24H35FN6O. The summed E-state index contributed by atoms with van der Waals surface area (Å²) in [7, 11) is 0. The monoisotopic (exact) mass is 442 g/mol. The topological polar surface area (TPSA) is 68.9 Å². The van der Waals surface area contributed by atoms with Crippen molar-refractivity contribution in [2.45, 2.75) is 51.8 Å². The SMILES string of the molecule is CCNC(=NCc1ccc(N2CCC(O)CC2)c(F)c1)N1CCC(C)C(n2ccnc2)C1. The maximum absolute atomic E-state index is 14.8. The number of aliphatic imine (C=N–C) groups is 1. The van der Waals surface area contributed by atoms with Gasteiger partial charge in [-0.05, 0) is 49.8 Å². The van der Waals surface area contributed by atoms with Crippen molar-refractivity contribution in [3.63, 3.8) is 0 Å². The van der Waals surface area contributed by atoms with Crippen molar-refractivity contribution in [1.29, 1.82) is 0 Å². The molecule has 2 aliphatic rings. The summed E-state index contributed by atoms with van der Waals surface area (Å²) in [4.78, 5) is 13.4. The molecule has 174 valence electrons. The second-order valence-electron chi connectivity index (χ2n) is 8.96. The molecule has 1 aromatic carbocycles. The van der Waals surface area contributed by atoms with Gasteiger partial charge in [0.2, 0.25) is 0 Å². The Bertz CT molecular complexity index is 894. The Labute approximate surface area is 190 Å². The molecule has 7 nitrogen and oxygen atoms in total. The van der Waals surface area contributed by atoms with Crippen LogP contribution in [0.3, 0.4) is 0 Å². The van der Waals surface area contributed by atoms with Crippen LogP contribution in [0.1, 0.15) is 44.7 Å². The molecule has 2 aromatic rings. The van der Waals surface area contributed by atoms with Gasteiger partial charge in [0.25, 0.3) is 0 Å². The number of aliphatic hydroxyl groups is 1. The van der Waals surface area contributed by atoms with Crippen LogP contribution in [0.4, 0.5) is 10.1 Å². The van der Waals surface area contributed by atoms with Gasteiger partial charge in [-0.1, -0.05) is 13.0 Å². The van der Waals surface area contributed by atoms with Crippen LogP contribution in [0.5, 0.6) is 0 Å². The van der Waals surface area contributed by atoms with Crippen LogP contribution >= 0.6 is 0 Å². The fraction of sp³-hybridized carbons (Fsp3) is 0.583. The fourth-order valence-electron chi connectivity index (χ4n) is 4.70. The van der Waals surface area contributed by atoms with Crippen LogP contribution in [0.15, 0.2) is 41.9 Å². The second-order valence-corrected chi connectivity index (χ2v) is 8.96. The third kappa shape index (κ3) is 5.23. The number of benzene rings is 1. The number of aliphatic hydroxyl groups excluding tert-OH is 1. The highest BCUT2D eigenvalue weighted by Crippen LogP contribution is 2.28. The lowest BCUT2D eigenvalue weighted by molar-refractivity contribution is 0.145. The zero-order valence-electron chi connectivity index (χ0n) is 19.1. The first-order valence-electron chi connectivity index (χ1n) is 11.8. The number of guanidine groups is 1. The summed E-state index contributed by atoms with van der Waals surface area (Å²) >= 11 is 0. The summed E-state index contributed by atoms with van der Waals surface area (Å²) in [6.07, 6.45) is 7.94. The van der Waals surface area contributed by atoms with Crippen LogP contribution in [0.25, 0.3) is 0 Å².